The fraction of sp³-hybridized carbons (Fsp3) is 0.480. The summed E-state index contributed by atoms with van der Waals surface area (Å²) in [4.78, 5) is 33.4. The van der Waals surface area contributed by atoms with Crippen LogP contribution < -0.4 is 5.76 Å². The van der Waals surface area contributed by atoms with Crippen molar-refractivity contribution in [2.45, 2.75) is 32.1 Å². The number of carbonyl (C=O) groups excluding carboxylic acids is 1. The first-order chi connectivity index (χ1) is 17.5. The molecule has 1 saturated heterocycles. The van der Waals surface area contributed by atoms with Gasteiger partial charge in [0.05, 0.1) is 23.1 Å². The van der Waals surface area contributed by atoms with Gasteiger partial charge in [-0.15, -0.1) is 0 Å². The highest BCUT2D eigenvalue weighted by Gasteiger charge is 2.47. The Kier molecular flexibility index (Phi) is 6.57. The third kappa shape index (κ3) is 4.75. The van der Waals surface area contributed by atoms with Gasteiger partial charge >= 0.3 is 11.9 Å². The van der Waals surface area contributed by atoms with Gasteiger partial charge in [-0.05, 0) is 36.2 Å². The van der Waals surface area contributed by atoms with Gasteiger partial charge in [0.1, 0.15) is 0 Å². The van der Waals surface area contributed by atoms with Crippen molar-refractivity contribution in [3.63, 3.8) is 0 Å². The highest BCUT2D eigenvalue weighted by atomic mass is 35.5. The number of aromatic nitrogens is 2. The number of halogens is 4. The molecule has 0 N–H and O–H groups in total. The van der Waals surface area contributed by atoms with Crippen LogP contribution in [0.2, 0.25) is 5.02 Å². The van der Waals surface area contributed by atoms with Crippen molar-refractivity contribution in [1.82, 2.24) is 19.4 Å². The van der Waals surface area contributed by atoms with Crippen molar-refractivity contribution in [2.24, 2.45) is 12.5 Å². The number of oxazole rings is 1. The predicted molar refractivity (Wildman–Crippen MR) is 129 cm³/mol. The molecule has 0 aliphatic carbocycles. The van der Waals surface area contributed by atoms with Gasteiger partial charge in [-0.3, -0.25) is 19.2 Å². The van der Waals surface area contributed by atoms with E-state index in [4.69, 9.17) is 20.8 Å². The molecule has 0 bridgehead atoms. The number of amides is 1. The second-order valence-electron chi connectivity index (χ2n) is 9.82. The molecule has 1 amide bonds. The van der Waals surface area contributed by atoms with E-state index in [-0.39, 0.29) is 19.1 Å². The standard InChI is InChI=1S/C25H26ClF3N4O4/c1-31-20-8-15(18(26)9-21(20)37-23(31)35)11-32-6-4-24(13-32,14-36-2)22(34)33-5-3-19-16(12-33)7-17(10-30-19)25(27,28)29/h7-10H,3-6,11-14H2,1-2H3. The molecular weight excluding hydrogens is 513 g/mol. The number of methoxy groups -OCH3 is 1. The molecule has 2 aliphatic heterocycles. The average molecular weight is 539 g/mol. The smallest absolute Gasteiger partial charge is 0.408 e. The van der Waals surface area contributed by atoms with Gasteiger partial charge < -0.3 is 14.1 Å². The number of alkyl halides is 3. The molecule has 2 aliphatic rings. The van der Waals surface area contributed by atoms with Crippen LogP contribution in [0.15, 0.2) is 33.6 Å². The van der Waals surface area contributed by atoms with Gasteiger partial charge in [0.2, 0.25) is 5.91 Å². The second-order valence-corrected chi connectivity index (χ2v) is 10.2. The van der Waals surface area contributed by atoms with E-state index in [0.717, 1.165) is 17.8 Å². The van der Waals surface area contributed by atoms with Crippen molar-refractivity contribution in [1.29, 1.82) is 0 Å². The van der Waals surface area contributed by atoms with Crippen molar-refractivity contribution >= 4 is 28.6 Å². The van der Waals surface area contributed by atoms with Crippen LogP contribution in [0.1, 0.15) is 28.8 Å². The minimum absolute atomic E-state index is 0.0769. The Balaban J connectivity index is 1.35. The Labute approximate surface area is 215 Å². The van der Waals surface area contributed by atoms with E-state index in [2.05, 4.69) is 9.88 Å². The Bertz CT molecular complexity index is 1420. The van der Waals surface area contributed by atoms with E-state index >= 15 is 0 Å². The zero-order chi connectivity index (χ0) is 26.5. The number of pyridine rings is 1. The minimum Gasteiger partial charge on any atom is -0.408 e. The van der Waals surface area contributed by atoms with Crippen molar-refractivity contribution in [2.75, 3.05) is 33.4 Å². The summed E-state index contributed by atoms with van der Waals surface area (Å²) in [5, 5.41) is 0.457. The van der Waals surface area contributed by atoms with Crippen LogP contribution in [0.5, 0.6) is 0 Å². The molecule has 8 nitrogen and oxygen atoms in total. The van der Waals surface area contributed by atoms with Crippen LogP contribution in [-0.4, -0.2) is 58.6 Å². The number of aryl methyl sites for hydroxylation is 1. The Morgan fingerprint density at radius 3 is 2.78 bits per heavy atom. The average Bonchev–Trinajstić information content (AvgIpc) is 3.38. The summed E-state index contributed by atoms with van der Waals surface area (Å²) in [5.74, 6) is -0.617. The van der Waals surface area contributed by atoms with Crippen LogP contribution in [0.25, 0.3) is 11.1 Å². The van der Waals surface area contributed by atoms with Crippen molar-refractivity contribution in [3.8, 4) is 0 Å². The maximum Gasteiger partial charge on any atom is 0.419 e. The summed E-state index contributed by atoms with van der Waals surface area (Å²) in [5.41, 5.74) is 1.18. The highest BCUT2D eigenvalue weighted by molar-refractivity contribution is 6.32. The summed E-state index contributed by atoms with van der Waals surface area (Å²) in [6.07, 6.45) is -2.72. The molecular formula is C25H26ClF3N4O4. The van der Waals surface area contributed by atoms with E-state index in [9.17, 15) is 22.8 Å². The third-order valence-corrected chi connectivity index (χ3v) is 7.67. The minimum atomic E-state index is -4.50. The number of rotatable bonds is 5. The molecule has 0 radical (unpaired) electrons. The van der Waals surface area contributed by atoms with Crippen LogP contribution >= 0.6 is 11.6 Å². The molecule has 0 spiro atoms. The molecule has 198 valence electrons. The molecule has 1 atom stereocenters. The van der Waals surface area contributed by atoms with E-state index in [0.29, 0.717) is 66.4 Å². The molecule has 5 rings (SSSR count). The number of carbonyl (C=O) groups is 1. The van der Waals surface area contributed by atoms with Crippen molar-refractivity contribution < 1.29 is 27.1 Å². The summed E-state index contributed by atoms with van der Waals surface area (Å²) in [6.45, 7) is 2.12. The third-order valence-electron chi connectivity index (χ3n) is 7.32. The highest BCUT2D eigenvalue weighted by Crippen LogP contribution is 2.37. The summed E-state index contributed by atoms with van der Waals surface area (Å²) >= 11 is 6.47. The van der Waals surface area contributed by atoms with E-state index in [1.165, 1.54) is 11.7 Å². The lowest BCUT2D eigenvalue weighted by Crippen LogP contribution is -2.49. The Morgan fingerprint density at radius 2 is 2.05 bits per heavy atom. The topological polar surface area (TPSA) is 80.8 Å². The molecule has 1 unspecified atom stereocenters. The SMILES string of the molecule is COCC1(C(=O)N2CCc3ncc(C(F)(F)F)cc3C2)CCN(Cc2cc3c(cc2Cl)oc(=O)n3C)C1. The summed E-state index contributed by atoms with van der Waals surface area (Å²) in [7, 11) is 3.15. The van der Waals surface area contributed by atoms with Crippen LogP contribution in [0, 0.1) is 5.41 Å². The molecule has 1 aromatic carbocycles. The molecule has 2 aromatic heterocycles. The number of likely N-dealkylation sites (tertiary alicyclic amines) is 1. The van der Waals surface area contributed by atoms with E-state index < -0.39 is 22.9 Å². The first-order valence-corrected chi connectivity index (χ1v) is 12.2. The maximum atomic E-state index is 13.8. The van der Waals surface area contributed by atoms with Gasteiger partial charge in [-0.25, -0.2) is 4.79 Å². The quantitative estimate of drug-likeness (QED) is 0.494. The molecule has 3 aromatic rings. The lowest BCUT2D eigenvalue weighted by molar-refractivity contribution is -0.145. The van der Waals surface area contributed by atoms with Gasteiger partial charge in [0.25, 0.3) is 0 Å². The zero-order valence-electron chi connectivity index (χ0n) is 20.4. The molecule has 4 heterocycles. The fourth-order valence-corrected chi connectivity index (χ4v) is 5.58. The van der Waals surface area contributed by atoms with E-state index in [1.807, 2.05) is 6.07 Å². The Morgan fingerprint density at radius 1 is 1.27 bits per heavy atom. The molecule has 37 heavy (non-hydrogen) atoms. The summed E-state index contributed by atoms with van der Waals surface area (Å²) in [6, 6.07) is 4.52. The molecule has 1 fully saturated rings. The lowest BCUT2D eigenvalue weighted by Gasteiger charge is -2.36. The van der Waals surface area contributed by atoms with Crippen LogP contribution in [-0.2, 0) is 42.3 Å². The second kappa shape index (κ2) is 9.45. The normalized spacial score (nSPS) is 20.5. The number of hydrogen-bond acceptors (Lipinski definition) is 6. The maximum absolute atomic E-state index is 13.8. The number of fused-ring (bicyclic) bond motifs is 2. The van der Waals surface area contributed by atoms with Crippen LogP contribution in [0.4, 0.5) is 13.2 Å². The first-order valence-electron chi connectivity index (χ1n) is 11.8. The first kappa shape index (κ1) is 25.7. The van der Waals surface area contributed by atoms with Gasteiger partial charge in [-0.1, -0.05) is 11.6 Å². The zero-order valence-corrected chi connectivity index (χ0v) is 21.2. The Hall–Kier alpha value is -2.89. The summed E-state index contributed by atoms with van der Waals surface area (Å²) < 4.78 is 51.7. The van der Waals surface area contributed by atoms with Gasteiger partial charge in [-0.2, -0.15) is 13.2 Å². The van der Waals surface area contributed by atoms with Gasteiger partial charge in [0, 0.05) is 69.7 Å². The lowest BCUT2D eigenvalue weighted by atomic mass is 9.85. The largest absolute Gasteiger partial charge is 0.419 e. The number of nitrogens with zero attached hydrogens (tertiary/aromatic N) is 4. The number of ether oxygens (including phenoxy) is 1. The predicted octanol–water partition coefficient (Wildman–Crippen LogP) is 3.62. The molecule has 0 saturated carbocycles. The number of hydrogen-bond donors (Lipinski definition) is 0. The van der Waals surface area contributed by atoms with Crippen molar-refractivity contribution in [3.05, 3.63) is 62.4 Å². The van der Waals surface area contributed by atoms with Gasteiger partial charge in [0.15, 0.2) is 5.58 Å². The van der Waals surface area contributed by atoms with E-state index in [1.54, 1.807) is 18.0 Å². The number of benzene rings is 1. The molecule has 12 heteroatoms. The monoisotopic (exact) mass is 538 g/mol. The van der Waals surface area contributed by atoms with Crippen LogP contribution in [0.3, 0.4) is 0 Å². The fourth-order valence-electron chi connectivity index (χ4n) is 5.37.